The molecule has 2 rings (SSSR count). The molecule has 11 atom stereocenters. The molecule has 2 heterocycles. The Morgan fingerprint density at radius 2 is 0.883 bits per heavy atom. The van der Waals surface area contributed by atoms with Crippen LogP contribution in [0.1, 0.15) is 187 Å². The second-order valence-electron chi connectivity index (χ2n) is 17.3. The molecule has 2 aliphatic rings. The fourth-order valence-corrected chi connectivity index (χ4v) is 7.87. The number of rotatable bonds is 38. The first-order valence-corrected chi connectivity index (χ1v) is 24.1. The van der Waals surface area contributed by atoms with E-state index in [-0.39, 0.29) is 25.6 Å². The number of unbranched alkanes of at least 4 members (excludes halogenated alkanes) is 24. The highest BCUT2D eigenvalue weighted by Gasteiger charge is 2.47. The van der Waals surface area contributed by atoms with Gasteiger partial charge in [-0.05, 0) is 12.8 Å². The van der Waals surface area contributed by atoms with Crippen LogP contribution in [-0.4, -0.2) is 142 Å². The van der Waals surface area contributed by atoms with Gasteiger partial charge in [-0.1, -0.05) is 168 Å². The lowest BCUT2D eigenvalue weighted by Gasteiger charge is -2.42. The molecule has 0 spiro atoms. The van der Waals surface area contributed by atoms with Gasteiger partial charge in [0, 0.05) is 13.0 Å². The van der Waals surface area contributed by atoms with Gasteiger partial charge in [-0.2, -0.15) is 0 Å². The zero-order valence-corrected chi connectivity index (χ0v) is 37.5. The summed E-state index contributed by atoms with van der Waals surface area (Å²) in [6.07, 6.45) is 16.1. The molecule has 0 aromatic rings. The van der Waals surface area contributed by atoms with E-state index in [1.54, 1.807) is 0 Å². The molecule has 0 aromatic heterocycles. The SMILES string of the molecule is CCCCCCCCCCCCCCCCCCCOCC(COC1OC(COC2OC(CO)C(O)C(O)C2O)C(O)C(O)C1O)OC(=O)CCCCCCCCCCC. The Morgan fingerprint density at radius 1 is 0.483 bits per heavy atom. The minimum atomic E-state index is -1.70. The van der Waals surface area contributed by atoms with E-state index in [1.807, 2.05) is 0 Å². The number of ether oxygens (including phenoxy) is 6. The van der Waals surface area contributed by atoms with E-state index in [0.717, 1.165) is 38.5 Å². The molecule has 0 saturated carbocycles. The van der Waals surface area contributed by atoms with E-state index in [2.05, 4.69) is 13.8 Å². The van der Waals surface area contributed by atoms with E-state index in [1.165, 1.54) is 122 Å². The van der Waals surface area contributed by atoms with Gasteiger partial charge in [-0.3, -0.25) is 4.79 Å². The standard InChI is InChI=1S/C46H88O14/c1-3-5-7-9-11-13-14-15-16-17-18-19-20-22-24-26-28-30-55-32-35(58-38(48)29-27-25-23-21-12-10-8-6-4-2)33-56-45-44(54)42(52)40(50)37(60-45)34-57-46-43(53)41(51)39(49)36(31-47)59-46/h35-37,39-47,49-54H,3-34H2,1-2H3. The molecule has 0 amide bonds. The normalized spacial score (nSPS) is 27.6. The summed E-state index contributed by atoms with van der Waals surface area (Å²) < 4.78 is 34.2. The van der Waals surface area contributed by atoms with Crippen LogP contribution in [0.2, 0.25) is 0 Å². The average molecular weight is 865 g/mol. The third-order valence-electron chi connectivity index (χ3n) is 11.9. The second-order valence-corrected chi connectivity index (χ2v) is 17.3. The summed E-state index contributed by atoms with van der Waals surface area (Å²) in [6, 6.07) is 0. The van der Waals surface area contributed by atoms with Crippen LogP contribution in [-0.2, 0) is 33.2 Å². The Labute approximate surface area is 362 Å². The van der Waals surface area contributed by atoms with Crippen LogP contribution >= 0.6 is 0 Å². The van der Waals surface area contributed by atoms with Crippen LogP contribution in [0.4, 0.5) is 0 Å². The van der Waals surface area contributed by atoms with Gasteiger partial charge in [0.25, 0.3) is 0 Å². The summed E-state index contributed by atoms with van der Waals surface area (Å²) in [7, 11) is 0. The van der Waals surface area contributed by atoms with Crippen molar-refractivity contribution in [1.82, 2.24) is 0 Å². The first-order chi connectivity index (χ1) is 29.1. The summed E-state index contributed by atoms with van der Waals surface area (Å²) in [5.74, 6) is -0.376. The fraction of sp³-hybridized carbons (Fsp3) is 0.978. The van der Waals surface area contributed by atoms with Gasteiger partial charge in [0.1, 0.15) is 54.9 Å². The maximum atomic E-state index is 12.9. The van der Waals surface area contributed by atoms with Gasteiger partial charge in [-0.25, -0.2) is 0 Å². The minimum Gasteiger partial charge on any atom is -0.457 e. The van der Waals surface area contributed by atoms with Gasteiger partial charge >= 0.3 is 5.97 Å². The van der Waals surface area contributed by atoms with Gasteiger partial charge < -0.3 is 64.2 Å². The predicted octanol–water partition coefficient (Wildman–Crippen LogP) is 6.13. The monoisotopic (exact) mass is 865 g/mol. The van der Waals surface area contributed by atoms with Crippen LogP contribution in [0.3, 0.4) is 0 Å². The van der Waals surface area contributed by atoms with Gasteiger partial charge in [0.15, 0.2) is 12.6 Å². The second kappa shape index (κ2) is 35.4. The number of esters is 1. The Balaban J connectivity index is 1.76. The summed E-state index contributed by atoms with van der Waals surface area (Å²) in [6.45, 7) is 3.69. The molecular formula is C46H88O14. The molecule has 14 nitrogen and oxygen atoms in total. The Hall–Kier alpha value is -1.01. The van der Waals surface area contributed by atoms with E-state index in [9.17, 15) is 40.5 Å². The smallest absolute Gasteiger partial charge is 0.306 e. The molecule has 7 N–H and O–H groups in total. The molecule has 11 unspecified atom stereocenters. The molecule has 2 fully saturated rings. The molecule has 356 valence electrons. The number of carbonyl (C=O) groups excluding carboxylic acids is 1. The topological polar surface area (TPSA) is 214 Å². The molecular weight excluding hydrogens is 776 g/mol. The Bertz CT molecular complexity index is 1010. The van der Waals surface area contributed by atoms with E-state index in [0.29, 0.717) is 13.0 Å². The summed E-state index contributed by atoms with van der Waals surface area (Å²) in [5, 5.41) is 71.9. The largest absolute Gasteiger partial charge is 0.457 e. The Morgan fingerprint density at radius 3 is 1.35 bits per heavy atom. The van der Waals surface area contributed by atoms with Crippen LogP contribution in [0, 0.1) is 0 Å². The first-order valence-electron chi connectivity index (χ1n) is 24.1. The number of hydrogen-bond donors (Lipinski definition) is 7. The number of aliphatic hydroxyl groups is 7. The van der Waals surface area contributed by atoms with Gasteiger partial charge in [0.2, 0.25) is 0 Å². The highest BCUT2D eigenvalue weighted by Crippen LogP contribution is 2.26. The lowest BCUT2D eigenvalue weighted by molar-refractivity contribution is -0.332. The van der Waals surface area contributed by atoms with E-state index < -0.39 is 80.7 Å². The van der Waals surface area contributed by atoms with E-state index in [4.69, 9.17) is 28.4 Å². The van der Waals surface area contributed by atoms with E-state index >= 15 is 0 Å². The minimum absolute atomic E-state index is 0.0694. The van der Waals surface area contributed by atoms with Crippen molar-refractivity contribution >= 4 is 5.97 Å². The molecule has 0 radical (unpaired) electrons. The van der Waals surface area contributed by atoms with Gasteiger partial charge in [0.05, 0.1) is 26.4 Å². The highest BCUT2D eigenvalue weighted by molar-refractivity contribution is 5.69. The van der Waals surface area contributed by atoms with Crippen molar-refractivity contribution in [2.75, 3.05) is 33.0 Å². The predicted molar refractivity (Wildman–Crippen MR) is 229 cm³/mol. The lowest BCUT2D eigenvalue weighted by atomic mass is 9.98. The maximum absolute atomic E-state index is 12.9. The molecule has 0 bridgehead atoms. The van der Waals surface area contributed by atoms with Crippen molar-refractivity contribution in [3.63, 3.8) is 0 Å². The zero-order chi connectivity index (χ0) is 43.8. The first kappa shape index (κ1) is 55.1. The van der Waals surface area contributed by atoms with Gasteiger partial charge in [-0.15, -0.1) is 0 Å². The number of aliphatic hydroxyl groups excluding tert-OH is 7. The third kappa shape index (κ3) is 23.6. The number of hydrogen-bond acceptors (Lipinski definition) is 14. The summed E-state index contributed by atoms with van der Waals surface area (Å²) in [4.78, 5) is 12.9. The quantitative estimate of drug-likeness (QED) is 0.0275. The molecule has 2 saturated heterocycles. The third-order valence-corrected chi connectivity index (χ3v) is 11.9. The zero-order valence-electron chi connectivity index (χ0n) is 37.5. The average Bonchev–Trinajstić information content (AvgIpc) is 3.24. The van der Waals surface area contributed by atoms with Crippen molar-refractivity contribution in [2.45, 2.75) is 255 Å². The summed E-state index contributed by atoms with van der Waals surface area (Å²) in [5.41, 5.74) is 0. The molecule has 2 aliphatic heterocycles. The molecule has 14 heteroatoms. The maximum Gasteiger partial charge on any atom is 0.306 e. The van der Waals surface area contributed by atoms with Crippen LogP contribution < -0.4 is 0 Å². The van der Waals surface area contributed by atoms with Crippen LogP contribution in [0.25, 0.3) is 0 Å². The molecule has 0 aromatic carbocycles. The van der Waals surface area contributed by atoms with Crippen molar-refractivity contribution in [1.29, 1.82) is 0 Å². The van der Waals surface area contributed by atoms with Crippen molar-refractivity contribution in [3.05, 3.63) is 0 Å². The van der Waals surface area contributed by atoms with Crippen LogP contribution in [0.5, 0.6) is 0 Å². The summed E-state index contributed by atoms with van der Waals surface area (Å²) >= 11 is 0. The van der Waals surface area contributed by atoms with Crippen molar-refractivity contribution < 1.29 is 69.0 Å². The molecule has 60 heavy (non-hydrogen) atoms. The highest BCUT2D eigenvalue weighted by atomic mass is 16.7. The van der Waals surface area contributed by atoms with Crippen molar-refractivity contribution in [3.8, 4) is 0 Å². The van der Waals surface area contributed by atoms with Crippen molar-refractivity contribution in [2.24, 2.45) is 0 Å². The Kier molecular flexibility index (Phi) is 32.5. The fourth-order valence-electron chi connectivity index (χ4n) is 7.87. The van der Waals surface area contributed by atoms with Crippen LogP contribution in [0.15, 0.2) is 0 Å². The lowest BCUT2D eigenvalue weighted by Crippen LogP contribution is -2.61. The number of carbonyl (C=O) groups is 1. The molecule has 0 aliphatic carbocycles.